The third-order valence-electron chi connectivity index (χ3n) is 2.39. The molecule has 0 spiro atoms. The quantitative estimate of drug-likeness (QED) is 0.365. The van der Waals surface area contributed by atoms with Crippen molar-refractivity contribution in [2.45, 2.75) is 20.0 Å². The van der Waals surface area contributed by atoms with Crippen molar-refractivity contribution < 1.29 is 19.1 Å². The lowest BCUT2D eigenvalue weighted by atomic mass is 10.2. The molecule has 1 unspecified atom stereocenters. The first-order chi connectivity index (χ1) is 9.08. The third-order valence-corrected chi connectivity index (χ3v) is 2.39. The van der Waals surface area contributed by atoms with Gasteiger partial charge in [0, 0.05) is 6.61 Å². The van der Waals surface area contributed by atoms with Crippen LogP contribution in [0.25, 0.3) is 0 Å². The van der Waals surface area contributed by atoms with Crippen LogP contribution in [-0.2, 0) is 9.57 Å². The van der Waals surface area contributed by atoms with E-state index >= 15 is 0 Å². The fraction of sp³-hybridized carbons (Fsp3) is 0.385. The van der Waals surface area contributed by atoms with Gasteiger partial charge in [0.25, 0.3) is 0 Å². The van der Waals surface area contributed by atoms with Crippen LogP contribution in [0.15, 0.2) is 29.4 Å². The number of ether oxygens (including phenoxy) is 2. The van der Waals surface area contributed by atoms with Gasteiger partial charge in [-0.1, -0.05) is 5.16 Å². The summed E-state index contributed by atoms with van der Waals surface area (Å²) in [5.41, 5.74) is 5.97. The number of carbonyl (C=O) groups excluding carboxylic acids is 1. The molecule has 6 nitrogen and oxygen atoms in total. The molecular weight excluding hydrogens is 248 g/mol. The fourth-order valence-electron chi connectivity index (χ4n) is 1.28. The maximum Gasteiger partial charge on any atom is 0.365 e. The highest BCUT2D eigenvalue weighted by molar-refractivity contribution is 5.91. The van der Waals surface area contributed by atoms with Crippen LogP contribution in [0, 0.1) is 0 Å². The van der Waals surface area contributed by atoms with Crippen LogP contribution in [0.3, 0.4) is 0 Å². The molecule has 0 saturated carbocycles. The molecule has 0 radical (unpaired) electrons. The molecule has 0 heterocycles. The SMILES string of the molecule is CCOC(C)/C(N)=N/OC(=O)c1ccc(OC)cc1. The number of methoxy groups -OCH3 is 1. The number of hydrogen-bond donors (Lipinski definition) is 1. The number of carbonyl (C=O) groups is 1. The molecule has 1 atom stereocenters. The zero-order chi connectivity index (χ0) is 14.3. The molecule has 0 fully saturated rings. The standard InChI is InChI=1S/C13H18N2O4/c1-4-18-9(2)12(14)15-19-13(16)10-5-7-11(17-3)8-6-10/h5-9H,4H2,1-3H3,(H2,14,15). The van der Waals surface area contributed by atoms with Crippen LogP contribution in [-0.4, -0.2) is 31.6 Å². The van der Waals surface area contributed by atoms with E-state index in [0.29, 0.717) is 17.9 Å². The summed E-state index contributed by atoms with van der Waals surface area (Å²) in [7, 11) is 1.55. The summed E-state index contributed by atoms with van der Waals surface area (Å²) in [6, 6.07) is 6.48. The Bertz CT molecular complexity index is 442. The van der Waals surface area contributed by atoms with E-state index < -0.39 is 12.1 Å². The van der Waals surface area contributed by atoms with Gasteiger partial charge in [0.15, 0.2) is 5.84 Å². The average molecular weight is 266 g/mol. The lowest BCUT2D eigenvalue weighted by Gasteiger charge is -2.09. The van der Waals surface area contributed by atoms with E-state index in [1.165, 1.54) is 0 Å². The molecule has 0 aromatic heterocycles. The summed E-state index contributed by atoms with van der Waals surface area (Å²) in [6.45, 7) is 4.07. The Labute approximate surface area is 112 Å². The Morgan fingerprint density at radius 3 is 2.53 bits per heavy atom. The number of oxime groups is 1. The van der Waals surface area contributed by atoms with Crippen LogP contribution in [0.2, 0.25) is 0 Å². The first-order valence-electron chi connectivity index (χ1n) is 5.88. The van der Waals surface area contributed by atoms with Gasteiger partial charge in [-0.3, -0.25) is 0 Å². The van der Waals surface area contributed by atoms with E-state index in [1.807, 2.05) is 6.92 Å². The van der Waals surface area contributed by atoms with Crippen LogP contribution >= 0.6 is 0 Å². The summed E-state index contributed by atoms with van der Waals surface area (Å²) < 4.78 is 10.2. The normalized spacial score (nSPS) is 12.9. The van der Waals surface area contributed by atoms with E-state index in [2.05, 4.69) is 5.16 Å². The fourth-order valence-corrected chi connectivity index (χ4v) is 1.28. The van der Waals surface area contributed by atoms with E-state index in [4.69, 9.17) is 20.0 Å². The highest BCUT2D eigenvalue weighted by Crippen LogP contribution is 2.12. The van der Waals surface area contributed by atoms with Gasteiger partial charge in [-0.15, -0.1) is 0 Å². The van der Waals surface area contributed by atoms with Crippen molar-refractivity contribution >= 4 is 11.8 Å². The van der Waals surface area contributed by atoms with Gasteiger partial charge < -0.3 is 20.0 Å². The molecule has 0 aliphatic carbocycles. The maximum absolute atomic E-state index is 11.7. The molecule has 2 N–H and O–H groups in total. The number of benzene rings is 1. The van der Waals surface area contributed by atoms with Crippen molar-refractivity contribution in [3.05, 3.63) is 29.8 Å². The van der Waals surface area contributed by atoms with E-state index in [0.717, 1.165) is 0 Å². The van der Waals surface area contributed by atoms with Crippen LogP contribution in [0.4, 0.5) is 0 Å². The third kappa shape index (κ3) is 4.59. The van der Waals surface area contributed by atoms with Gasteiger partial charge in [-0.2, -0.15) is 0 Å². The zero-order valence-electron chi connectivity index (χ0n) is 11.3. The van der Waals surface area contributed by atoms with Crippen molar-refractivity contribution in [3.8, 4) is 5.75 Å². The first-order valence-corrected chi connectivity index (χ1v) is 5.88. The number of nitrogens with zero attached hydrogens (tertiary/aromatic N) is 1. The Balaban J connectivity index is 2.61. The number of amidine groups is 1. The van der Waals surface area contributed by atoms with Crippen molar-refractivity contribution in [1.29, 1.82) is 0 Å². The van der Waals surface area contributed by atoms with Crippen molar-refractivity contribution in [3.63, 3.8) is 0 Å². The molecule has 0 amide bonds. The van der Waals surface area contributed by atoms with Crippen LogP contribution in [0.5, 0.6) is 5.75 Å². The van der Waals surface area contributed by atoms with Gasteiger partial charge in [0.05, 0.1) is 12.7 Å². The lowest BCUT2D eigenvalue weighted by molar-refractivity contribution is 0.0502. The predicted octanol–water partition coefficient (Wildman–Crippen LogP) is 1.55. The molecular formula is C13H18N2O4. The Kier molecular flexibility index (Phi) is 5.81. The summed E-state index contributed by atoms with van der Waals surface area (Å²) >= 11 is 0. The molecule has 0 aliphatic heterocycles. The highest BCUT2D eigenvalue weighted by Gasteiger charge is 2.10. The van der Waals surface area contributed by atoms with Gasteiger partial charge in [-0.25, -0.2) is 4.79 Å². The molecule has 0 saturated heterocycles. The molecule has 1 rings (SSSR count). The number of rotatable bonds is 6. The average Bonchev–Trinajstić information content (AvgIpc) is 2.44. The number of hydrogen-bond acceptors (Lipinski definition) is 5. The topological polar surface area (TPSA) is 83.1 Å². The molecule has 1 aromatic rings. The molecule has 104 valence electrons. The van der Waals surface area contributed by atoms with Gasteiger partial charge in [0.1, 0.15) is 11.9 Å². The Hall–Kier alpha value is -2.08. The molecule has 0 bridgehead atoms. The maximum atomic E-state index is 11.7. The number of nitrogens with two attached hydrogens (primary N) is 1. The first kappa shape index (κ1) is 15.0. The lowest BCUT2D eigenvalue weighted by Crippen LogP contribution is -2.29. The summed E-state index contributed by atoms with van der Waals surface area (Å²) in [6.07, 6.45) is -0.395. The van der Waals surface area contributed by atoms with Crippen molar-refractivity contribution in [1.82, 2.24) is 0 Å². The van der Waals surface area contributed by atoms with Gasteiger partial charge in [-0.05, 0) is 38.1 Å². The van der Waals surface area contributed by atoms with Crippen LogP contribution in [0.1, 0.15) is 24.2 Å². The molecule has 19 heavy (non-hydrogen) atoms. The highest BCUT2D eigenvalue weighted by atomic mass is 16.7. The molecule has 6 heteroatoms. The Morgan fingerprint density at radius 1 is 1.37 bits per heavy atom. The van der Waals surface area contributed by atoms with Gasteiger partial charge >= 0.3 is 5.97 Å². The summed E-state index contributed by atoms with van der Waals surface area (Å²) in [4.78, 5) is 16.4. The smallest absolute Gasteiger partial charge is 0.365 e. The Morgan fingerprint density at radius 2 is 2.00 bits per heavy atom. The largest absolute Gasteiger partial charge is 0.497 e. The molecule has 1 aromatic carbocycles. The van der Waals surface area contributed by atoms with E-state index in [-0.39, 0.29) is 5.84 Å². The minimum absolute atomic E-state index is 0.115. The predicted molar refractivity (Wildman–Crippen MR) is 71.1 cm³/mol. The summed E-state index contributed by atoms with van der Waals surface area (Å²) in [5.74, 6) is 0.183. The zero-order valence-corrected chi connectivity index (χ0v) is 11.3. The minimum atomic E-state index is -0.589. The monoisotopic (exact) mass is 266 g/mol. The van der Waals surface area contributed by atoms with E-state index in [9.17, 15) is 4.79 Å². The van der Waals surface area contributed by atoms with Crippen molar-refractivity contribution in [2.75, 3.05) is 13.7 Å². The molecule has 0 aliphatic rings. The van der Waals surface area contributed by atoms with Crippen LogP contribution < -0.4 is 10.5 Å². The minimum Gasteiger partial charge on any atom is -0.497 e. The van der Waals surface area contributed by atoms with Crippen molar-refractivity contribution in [2.24, 2.45) is 10.9 Å². The van der Waals surface area contributed by atoms with Gasteiger partial charge in [0.2, 0.25) is 0 Å². The summed E-state index contributed by atoms with van der Waals surface area (Å²) in [5, 5.41) is 3.55. The second kappa shape index (κ2) is 7.38. The van der Waals surface area contributed by atoms with E-state index in [1.54, 1.807) is 38.3 Å². The second-order valence-electron chi connectivity index (χ2n) is 3.72. The second-order valence-corrected chi connectivity index (χ2v) is 3.72.